The number of likely N-dealkylation sites (N-methyl/N-ethyl adjacent to an activating group) is 2. The Morgan fingerprint density at radius 2 is 1.48 bits per heavy atom. The van der Waals surface area contributed by atoms with Crippen molar-refractivity contribution in [2.24, 2.45) is 29.4 Å². The van der Waals surface area contributed by atoms with Gasteiger partial charge in [-0.05, 0) is 97.3 Å². The fourth-order valence-electron chi connectivity index (χ4n) is 9.64. The van der Waals surface area contributed by atoms with Crippen LogP contribution in [0, 0.1) is 23.7 Å². The monoisotopic (exact) mass is 1030 g/mol. The minimum absolute atomic E-state index is 0.0488. The molecule has 0 aliphatic carbocycles. The fraction of sp³-hybridized carbons (Fsp3) is 0.759. The third-order valence-corrected chi connectivity index (χ3v) is 13.7. The number of methoxy groups -OCH3 is 2. The summed E-state index contributed by atoms with van der Waals surface area (Å²) in [5, 5.41) is 11.4. The van der Waals surface area contributed by atoms with Crippen LogP contribution in [0.5, 0.6) is 0 Å². The van der Waals surface area contributed by atoms with Gasteiger partial charge in [0.05, 0.1) is 43.2 Å². The van der Waals surface area contributed by atoms with Crippen LogP contribution in [0.2, 0.25) is 0 Å². The predicted octanol–water partition coefficient (Wildman–Crippen LogP) is 3.45. The number of hydrogen-bond donors (Lipinski definition) is 5. The number of nitrogens with one attached hydrogen (secondary N) is 4. The molecule has 416 valence electrons. The number of rotatable bonds is 31. The molecule has 73 heavy (non-hydrogen) atoms. The largest absolute Gasteiger partial charge is 0.464 e. The highest BCUT2D eigenvalue weighted by Gasteiger charge is 2.41. The van der Waals surface area contributed by atoms with Crippen molar-refractivity contribution in [3.8, 4) is 0 Å². The molecular weight excluding hydrogens is 937 g/mol. The van der Waals surface area contributed by atoms with Crippen LogP contribution in [-0.2, 0) is 58.9 Å². The first-order valence-electron chi connectivity index (χ1n) is 26.3. The minimum Gasteiger partial charge on any atom is -0.464 e. The van der Waals surface area contributed by atoms with E-state index in [9.17, 15) is 33.6 Å². The maximum Gasteiger partial charge on any atom is 0.328 e. The molecule has 1 fully saturated rings. The summed E-state index contributed by atoms with van der Waals surface area (Å²) in [5.74, 6) is -3.79. The lowest BCUT2D eigenvalue weighted by atomic mass is 9.89. The first-order valence-corrected chi connectivity index (χ1v) is 26.3. The molecule has 6 N–H and O–H groups in total. The molecule has 3 unspecified atom stereocenters. The van der Waals surface area contributed by atoms with E-state index in [1.165, 1.54) is 6.92 Å². The van der Waals surface area contributed by atoms with Gasteiger partial charge in [0.25, 0.3) is 0 Å². The Labute approximate surface area is 436 Å². The zero-order valence-corrected chi connectivity index (χ0v) is 47.1. The van der Waals surface area contributed by atoms with Gasteiger partial charge in [0.2, 0.25) is 29.5 Å². The second-order valence-electron chi connectivity index (χ2n) is 21.7. The number of benzene rings is 1. The SMILES string of the molecule is CC[C@H](C)[C@@H]([C@@H](CCN1CCC[C@H]1[C@H](OC)[C@@H](C)C(=O)N[C@@H](Cc1ccccc1)C(=O)NCCCOC(=O)C(C)NC(=O)CC(N)C(=O)OC(C)(C)C)OC)N(C)C(=O)C(NC(=O)[C@H](C(C)C)N(C)C)C(C)C. The molecule has 1 aliphatic heterocycles. The zero-order chi connectivity index (χ0) is 55.3. The predicted molar refractivity (Wildman–Crippen MR) is 282 cm³/mol. The molecule has 1 heterocycles. The minimum atomic E-state index is -1.20. The summed E-state index contributed by atoms with van der Waals surface area (Å²) < 4.78 is 22.9. The zero-order valence-electron chi connectivity index (χ0n) is 47.1. The number of amides is 5. The van der Waals surface area contributed by atoms with Gasteiger partial charge in [-0.15, -0.1) is 0 Å². The summed E-state index contributed by atoms with van der Waals surface area (Å²) in [6, 6.07) is 4.74. The van der Waals surface area contributed by atoms with Gasteiger partial charge >= 0.3 is 11.9 Å². The van der Waals surface area contributed by atoms with Gasteiger partial charge in [0.15, 0.2) is 0 Å². The highest BCUT2D eigenvalue weighted by atomic mass is 16.6. The number of nitrogens with zero attached hydrogens (tertiary/aromatic N) is 3. The summed E-state index contributed by atoms with van der Waals surface area (Å²) in [5.41, 5.74) is 5.90. The second-order valence-corrected chi connectivity index (χ2v) is 21.7. The van der Waals surface area contributed by atoms with Crippen molar-refractivity contribution in [3.05, 3.63) is 35.9 Å². The summed E-state index contributed by atoms with van der Waals surface area (Å²) in [6.07, 6.45) is 2.39. The van der Waals surface area contributed by atoms with Gasteiger partial charge in [-0.2, -0.15) is 0 Å². The third kappa shape index (κ3) is 20.9. The van der Waals surface area contributed by atoms with Crippen molar-refractivity contribution in [1.82, 2.24) is 36.0 Å². The van der Waals surface area contributed by atoms with E-state index in [1.807, 2.05) is 91.0 Å². The Morgan fingerprint density at radius 3 is 2.03 bits per heavy atom. The van der Waals surface area contributed by atoms with Crippen molar-refractivity contribution >= 4 is 41.5 Å². The maximum atomic E-state index is 14.4. The molecule has 11 atom stereocenters. The molecule has 0 bridgehead atoms. The van der Waals surface area contributed by atoms with Gasteiger partial charge in [-0.1, -0.05) is 85.2 Å². The lowest BCUT2D eigenvalue weighted by Gasteiger charge is -2.41. The molecule has 0 aromatic heterocycles. The van der Waals surface area contributed by atoms with Crippen molar-refractivity contribution in [3.63, 3.8) is 0 Å². The number of ether oxygens (including phenoxy) is 4. The molecule has 19 nitrogen and oxygen atoms in total. The highest BCUT2D eigenvalue weighted by Crippen LogP contribution is 2.29. The van der Waals surface area contributed by atoms with Crippen LogP contribution in [0.1, 0.15) is 120 Å². The fourth-order valence-corrected chi connectivity index (χ4v) is 9.64. The van der Waals surface area contributed by atoms with Gasteiger partial charge < -0.3 is 50.8 Å². The number of likely N-dealkylation sites (tertiary alicyclic amines) is 1. The van der Waals surface area contributed by atoms with E-state index in [0.29, 0.717) is 13.0 Å². The van der Waals surface area contributed by atoms with Crippen LogP contribution in [0.25, 0.3) is 0 Å². The lowest BCUT2D eigenvalue weighted by Crippen LogP contribution is -2.59. The molecule has 1 aliphatic rings. The van der Waals surface area contributed by atoms with Crippen LogP contribution < -0.4 is 27.0 Å². The summed E-state index contributed by atoms with van der Waals surface area (Å²) in [7, 11) is 8.83. The molecule has 0 saturated carbocycles. The van der Waals surface area contributed by atoms with E-state index in [-0.39, 0.29) is 92.1 Å². The van der Waals surface area contributed by atoms with Crippen molar-refractivity contribution in [1.29, 1.82) is 0 Å². The number of hydrogen-bond acceptors (Lipinski definition) is 14. The molecule has 19 heteroatoms. The topological polar surface area (TPSA) is 240 Å². The average molecular weight is 1030 g/mol. The standard InChI is InChI=1S/C54H94N8O11/c1-17-35(6)46(61(14)51(67)44(33(2)3)59-50(66)45(34(4)5)60(12)13)42(70-15)26-29-62-28-21-25-41(62)47(71-16)36(7)48(64)58-40(31-38-23-19-18-20-24-38)49(65)56-27-22-30-72-52(68)37(8)57-43(63)32-39(55)53(69)73-54(9,10)11/h18-20,23-24,33-37,39-42,44-47H,17,21-22,25-32,55H2,1-16H3,(H,56,65)(H,57,63)(H,58,64)(H,59,66)/t35-,36+,37?,39?,40-,41-,42+,44?,45-,46-,47+/m0/s1. The summed E-state index contributed by atoms with van der Waals surface area (Å²) in [6.45, 7) is 21.9. The molecule has 5 amide bonds. The van der Waals surface area contributed by atoms with Crippen molar-refractivity contribution < 1.29 is 52.5 Å². The van der Waals surface area contributed by atoms with Gasteiger partial charge in [-0.3, -0.25) is 38.6 Å². The quantitative estimate of drug-likeness (QED) is 0.0529. The molecule has 2 rings (SSSR count). The average Bonchev–Trinajstić information content (AvgIpc) is 3.78. The molecular formula is C54H94N8O11. The maximum absolute atomic E-state index is 14.4. The molecule has 1 aromatic carbocycles. The Bertz CT molecular complexity index is 1890. The van der Waals surface area contributed by atoms with Crippen LogP contribution >= 0.6 is 0 Å². The Balaban J connectivity index is 2.12. The van der Waals surface area contributed by atoms with Crippen LogP contribution in [-0.4, -0.2) is 178 Å². The number of carbonyl (C=O) groups is 7. The van der Waals surface area contributed by atoms with E-state index in [0.717, 1.165) is 31.4 Å². The molecule has 1 aromatic rings. The van der Waals surface area contributed by atoms with E-state index < -0.39 is 65.5 Å². The van der Waals surface area contributed by atoms with E-state index in [2.05, 4.69) is 40.0 Å². The third-order valence-electron chi connectivity index (χ3n) is 13.7. The van der Waals surface area contributed by atoms with Crippen LogP contribution in [0.3, 0.4) is 0 Å². The number of nitrogens with two attached hydrogens (primary N) is 1. The lowest BCUT2D eigenvalue weighted by molar-refractivity contribution is -0.157. The first-order chi connectivity index (χ1) is 34.2. The summed E-state index contributed by atoms with van der Waals surface area (Å²) in [4.78, 5) is 99.1. The van der Waals surface area contributed by atoms with E-state index in [1.54, 1.807) is 39.9 Å². The Kier molecular flexibility index (Phi) is 27.6. The van der Waals surface area contributed by atoms with E-state index >= 15 is 0 Å². The van der Waals surface area contributed by atoms with Crippen LogP contribution in [0.4, 0.5) is 0 Å². The van der Waals surface area contributed by atoms with Gasteiger partial charge in [-0.25, -0.2) is 4.79 Å². The molecule has 0 radical (unpaired) electrons. The van der Waals surface area contributed by atoms with Crippen molar-refractivity contribution in [2.45, 2.75) is 181 Å². The number of esters is 2. The van der Waals surface area contributed by atoms with Gasteiger partial charge in [0, 0.05) is 46.8 Å². The summed E-state index contributed by atoms with van der Waals surface area (Å²) >= 11 is 0. The van der Waals surface area contributed by atoms with Gasteiger partial charge in [0.1, 0.15) is 29.8 Å². The first kappa shape index (κ1) is 64.4. The second kappa shape index (κ2) is 31.3. The van der Waals surface area contributed by atoms with Crippen LogP contribution in [0.15, 0.2) is 30.3 Å². The van der Waals surface area contributed by atoms with Crippen molar-refractivity contribution in [2.75, 3.05) is 61.6 Å². The number of carbonyl (C=O) groups excluding carboxylic acids is 7. The smallest absolute Gasteiger partial charge is 0.328 e. The highest BCUT2D eigenvalue weighted by molar-refractivity contribution is 5.91. The normalized spacial score (nSPS) is 18.3. The Morgan fingerprint density at radius 1 is 0.836 bits per heavy atom. The molecule has 0 spiro atoms. The van der Waals surface area contributed by atoms with E-state index in [4.69, 9.17) is 24.7 Å². The molecule has 1 saturated heterocycles. The Hall–Kier alpha value is -4.69.